The number of amides is 2. The molecule has 2 aromatic rings. The van der Waals surface area contributed by atoms with Crippen molar-refractivity contribution >= 4 is 29.1 Å². The second kappa shape index (κ2) is 9.56. The van der Waals surface area contributed by atoms with E-state index in [2.05, 4.69) is 38.3 Å². The van der Waals surface area contributed by atoms with E-state index < -0.39 is 0 Å². The van der Waals surface area contributed by atoms with Crippen molar-refractivity contribution in [3.05, 3.63) is 64.2 Å². The SMILES string of the molecule is CC(C)c1cccc(C(C)C)c1NC(=O)CC(=O)NCc1ccccc1Cl. The molecule has 2 aromatic carbocycles. The van der Waals surface area contributed by atoms with Crippen molar-refractivity contribution in [2.45, 2.75) is 52.5 Å². The smallest absolute Gasteiger partial charge is 0.233 e. The van der Waals surface area contributed by atoms with E-state index in [0.29, 0.717) is 11.6 Å². The van der Waals surface area contributed by atoms with Crippen LogP contribution in [0.25, 0.3) is 0 Å². The van der Waals surface area contributed by atoms with Crippen LogP contribution in [-0.4, -0.2) is 11.8 Å². The molecule has 0 aromatic heterocycles. The summed E-state index contributed by atoms with van der Waals surface area (Å²) in [6.45, 7) is 8.65. The zero-order chi connectivity index (χ0) is 20.0. The summed E-state index contributed by atoms with van der Waals surface area (Å²) in [5.74, 6) is -0.108. The topological polar surface area (TPSA) is 58.2 Å². The first-order valence-electron chi connectivity index (χ1n) is 9.22. The minimum Gasteiger partial charge on any atom is -0.352 e. The standard InChI is InChI=1S/C22H27ClN2O2/c1-14(2)17-9-7-10-18(15(3)4)22(17)25-21(27)12-20(26)24-13-16-8-5-6-11-19(16)23/h5-11,14-15H,12-13H2,1-4H3,(H,24,26)(H,25,27). The van der Waals surface area contributed by atoms with Gasteiger partial charge in [-0.1, -0.05) is 75.7 Å². The summed E-state index contributed by atoms with van der Waals surface area (Å²) in [6, 6.07) is 13.3. The van der Waals surface area contributed by atoms with E-state index in [9.17, 15) is 9.59 Å². The molecule has 0 unspecified atom stereocenters. The van der Waals surface area contributed by atoms with Crippen LogP contribution in [-0.2, 0) is 16.1 Å². The van der Waals surface area contributed by atoms with Gasteiger partial charge in [0.1, 0.15) is 6.42 Å². The molecule has 0 aliphatic carbocycles. The average molecular weight is 387 g/mol. The number of nitrogens with one attached hydrogen (secondary N) is 2. The van der Waals surface area contributed by atoms with Crippen LogP contribution in [0.3, 0.4) is 0 Å². The Balaban J connectivity index is 2.03. The van der Waals surface area contributed by atoms with E-state index in [4.69, 9.17) is 11.6 Å². The van der Waals surface area contributed by atoms with Crippen LogP contribution in [0.4, 0.5) is 5.69 Å². The third-order valence-electron chi connectivity index (χ3n) is 4.39. The largest absolute Gasteiger partial charge is 0.352 e. The maximum Gasteiger partial charge on any atom is 0.233 e. The lowest BCUT2D eigenvalue weighted by Gasteiger charge is -2.20. The van der Waals surface area contributed by atoms with E-state index >= 15 is 0 Å². The number of carbonyl (C=O) groups excluding carboxylic acids is 2. The molecule has 0 fully saturated rings. The predicted octanol–water partition coefficient (Wildman–Crippen LogP) is 5.23. The molecule has 0 aliphatic rings. The van der Waals surface area contributed by atoms with Gasteiger partial charge in [-0.3, -0.25) is 9.59 Å². The van der Waals surface area contributed by atoms with Crippen LogP contribution >= 0.6 is 11.6 Å². The highest BCUT2D eigenvalue weighted by Gasteiger charge is 2.17. The van der Waals surface area contributed by atoms with Crippen molar-refractivity contribution in [3.8, 4) is 0 Å². The van der Waals surface area contributed by atoms with Gasteiger partial charge in [0.25, 0.3) is 0 Å². The first kappa shape index (κ1) is 21.0. The van der Waals surface area contributed by atoms with Crippen LogP contribution in [0.2, 0.25) is 5.02 Å². The summed E-state index contributed by atoms with van der Waals surface area (Å²) < 4.78 is 0. The number of hydrogen-bond acceptors (Lipinski definition) is 2. The van der Waals surface area contributed by atoms with Gasteiger partial charge in [-0.05, 0) is 34.6 Å². The lowest BCUT2D eigenvalue weighted by Crippen LogP contribution is -2.28. The number of rotatable bonds is 7. The summed E-state index contributed by atoms with van der Waals surface area (Å²) in [5.41, 5.74) is 3.80. The molecule has 0 radical (unpaired) electrons. The molecular weight excluding hydrogens is 360 g/mol. The maximum atomic E-state index is 12.5. The molecule has 0 heterocycles. The van der Waals surface area contributed by atoms with Crippen LogP contribution in [0.5, 0.6) is 0 Å². The van der Waals surface area contributed by atoms with Crippen molar-refractivity contribution in [1.82, 2.24) is 5.32 Å². The van der Waals surface area contributed by atoms with Crippen LogP contribution in [0.1, 0.15) is 62.6 Å². The molecule has 2 N–H and O–H groups in total. The van der Waals surface area contributed by atoms with E-state index in [1.54, 1.807) is 6.07 Å². The Morgan fingerprint density at radius 2 is 1.48 bits per heavy atom. The van der Waals surface area contributed by atoms with Crippen LogP contribution < -0.4 is 10.6 Å². The highest BCUT2D eigenvalue weighted by molar-refractivity contribution is 6.31. The molecule has 5 heteroatoms. The van der Waals surface area contributed by atoms with Crippen LogP contribution in [0.15, 0.2) is 42.5 Å². The lowest BCUT2D eigenvalue weighted by atomic mass is 9.92. The van der Waals surface area contributed by atoms with Gasteiger partial charge in [-0.2, -0.15) is 0 Å². The van der Waals surface area contributed by atoms with Gasteiger partial charge in [0.15, 0.2) is 0 Å². The molecule has 4 nitrogen and oxygen atoms in total. The number of halogens is 1. The van der Waals surface area contributed by atoms with Gasteiger partial charge < -0.3 is 10.6 Å². The minimum atomic E-state index is -0.333. The summed E-state index contributed by atoms with van der Waals surface area (Å²) in [4.78, 5) is 24.6. The number of anilines is 1. The van der Waals surface area contributed by atoms with Crippen molar-refractivity contribution in [1.29, 1.82) is 0 Å². The Bertz CT molecular complexity index is 789. The number of para-hydroxylation sites is 1. The predicted molar refractivity (Wildman–Crippen MR) is 111 cm³/mol. The summed E-state index contributed by atoms with van der Waals surface area (Å²) in [5, 5.41) is 6.30. The van der Waals surface area contributed by atoms with Gasteiger partial charge in [0.2, 0.25) is 11.8 Å². The normalized spacial score (nSPS) is 10.9. The zero-order valence-electron chi connectivity index (χ0n) is 16.3. The maximum absolute atomic E-state index is 12.5. The molecule has 2 amide bonds. The van der Waals surface area contributed by atoms with Gasteiger partial charge in [-0.15, -0.1) is 0 Å². The quantitative estimate of drug-likeness (QED) is 0.640. The second-order valence-electron chi connectivity index (χ2n) is 7.21. The fourth-order valence-corrected chi connectivity index (χ4v) is 3.13. The van der Waals surface area contributed by atoms with Crippen molar-refractivity contribution in [2.24, 2.45) is 0 Å². The van der Waals surface area contributed by atoms with E-state index in [1.165, 1.54) is 0 Å². The monoisotopic (exact) mass is 386 g/mol. The summed E-state index contributed by atoms with van der Waals surface area (Å²) in [7, 11) is 0. The summed E-state index contributed by atoms with van der Waals surface area (Å²) in [6.07, 6.45) is -0.228. The molecule has 0 aliphatic heterocycles. The third-order valence-corrected chi connectivity index (χ3v) is 4.76. The fourth-order valence-electron chi connectivity index (χ4n) is 2.92. The van der Waals surface area contributed by atoms with E-state index in [-0.39, 0.29) is 30.1 Å². The molecule has 0 bridgehead atoms. The molecule has 27 heavy (non-hydrogen) atoms. The molecule has 0 saturated carbocycles. The Labute approximate surface area is 166 Å². The first-order valence-corrected chi connectivity index (χ1v) is 9.60. The third kappa shape index (κ3) is 5.83. The second-order valence-corrected chi connectivity index (χ2v) is 7.62. The van der Waals surface area contributed by atoms with Crippen molar-refractivity contribution in [3.63, 3.8) is 0 Å². The highest BCUT2D eigenvalue weighted by atomic mass is 35.5. The lowest BCUT2D eigenvalue weighted by molar-refractivity contribution is -0.126. The number of benzene rings is 2. The summed E-state index contributed by atoms with van der Waals surface area (Å²) >= 11 is 6.08. The molecular formula is C22H27ClN2O2. The molecule has 0 saturated heterocycles. The Morgan fingerprint density at radius 3 is 2.04 bits per heavy atom. The van der Waals surface area contributed by atoms with Gasteiger partial charge in [0, 0.05) is 17.3 Å². The number of hydrogen-bond donors (Lipinski definition) is 2. The molecule has 0 atom stereocenters. The number of carbonyl (C=O) groups is 2. The van der Waals surface area contributed by atoms with Gasteiger partial charge in [-0.25, -0.2) is 0 Å². The van der Waals surface area contributed by atoms with Gasteiger partial charge >= 0.3 is 0 Å². The Hall–Kier alpha value is -2.33. The van der Waals surface area contributed by atoms with E-state index in [1.807, 2.05) is 36.4 Å². The highest BCUT2D eigenvalue weighted by Crippen LogP contribution is 2.32. The first-order chi connectivity index (χ1) is 12.8. The van der Waals surface area contributed by atoms with E-state index in [0.717, 1.165) is 22.4 Å². The Morgan fingerprint density at radius 1 is 0.889 bits per heavy atom. The van der Waals surface area contributed by atoms with Crippen LogP contribution in [0, 0.1) is 0 Å². The average Bonchev–Trinajstić information content (AvgIpc) is 2.60. The zero-order valence-corrected chi connectivity index (χ0v) is 17.1. The molecule has 144 valence electrons. The Kier molecular flexibility index (Phi) is 7.43. The minimum absolute atomic E-state index is 0.228. The van der Waals surface area contributed by atoms with Crippen molar-refractivity contribution in [2.75, 3.05) is 5.32 Å². The molecule has 0 spiro atoms. The fraction of sp³-hybridized carbons (Fsp3) is 0.364. The van der Waals surface area contributed by atoms with Gasteiger partial charge in [0.05, 0.1) is 0 Å². The molecule has 2 rings (SSSR count). The van der Waals surface area contributed by atoms with Crippen molar-refractivity contribution < 1.29 is 9.59 Å².